The molecule has 0 unspecified atom stereocenters. The maximum Gasteiger partial charge on any atom is 0.251 e. The van der Waals surface area contributed by atoms with E-state index in [1.165, 1.54) is 30.5 Å². The van der Waals surface area contributed by atoms with Gasteiger partial charge in [-0.2, -0.15) is 5.10 Å². The van der Waals surface area contributed by atoms with Crippen LogP contribution in [0.25, 0.3) is 27.8 Å². The highest BCUT2D eigenvalue weighted by Crippen LogP contribution is 2.40. The lowest BCUT2D eigenvalue weighted by atomic mass is 10.1. The van der Waals surface area contributed by atoms with Gasteiger partial charge in [0.25, 0.3) is 5.56 Å². The van der Waals surface area contributed by atoms with Crippen LogP contribution in [0.15, 0.2) is 77.9 Å². The van der Waals surface area contributed by atoms with Gasteiger partial charge in [-0.1, -0.05) is 24.3 Å². The van der Waals surface area contributed by atoms with Crippen LogP contribution >= 0.6 is 0 Å². The topological polar surface area (TPSA) is 77.6 Å². The van der Waals surface area contributed by atoms with Gasteiger partial charge in [0.05, 0.1) is 17.9 Å². The van der Waals surface area contributed by atoms with Crippen molar-refractivity contribution in [3.8, 4) is 16.9 Å². The van der Waals surface area contributed by atoms with E-state index in [1.807, 2.05) is 24.3 Å². The highest BCUT2D eigenvalue weighted by atomic mass is 19.1. The number of pyridine rings is 1. The Kier molecular flexibility index (Phi) is 5.13. The van der Waals surface area contributed by atoms with Gasteiger partial charge in [-0.3, -0.25) is 4.79 Å². The first-order valence-corrected chi connectivity index (χ1v) is 11.6. The predicted octanol–water partition coefficient (Wildman–Crippen LogP) is 4.75. The summed E-state index contributed by atoms with van der Waals surface area (Å²) in [6.45, 7) is 0.313. The van der Waals surface area contributed by atoms with Crippen molar-refractivity contribution in [2.24, 2.45) is 0 Å². The van der Waals surface area contributed by atoms with Crippen molar-refractivity contribution in [3.63, 3.8) is 0 Å². The van der Waals surface area contributed by atoms with Gasteiger partial charge in [-0.05, 0) is 54.7 Å². The number of aromatic nitrogens is 5. The third-order valence-electron chi connectivity index (χ3n) is 6.38. The van der Waals surface area contributed by atoms with E-state index in [-0.39, 0.29) is 11.4 Å². The molecule has 1 saturated carbocycles. The lowest BCUT2D eigenvalue weighted by Crippen LogP contribution is -2.20. The third-order valence-corrected chi connectivity index (χ3v) is 6.38. The van der Waals surface area contributed by atoms with Crippen molar-refractivity contribution in [1.29, 1.82) is 0 Å². The highest BCUT2D eigenvalue weighted by Gasteiger charge is 2.23. The van der Waals surface area contributed by atoms with Gasteiger partial charge in [0.2, 0.25) is 5.95 Å². The molecule has 0 amide bonds. The molecule has 5 aromatic rings. The van der Waals surface area contributed by atoms with Crippen molar-refractivity contribution in [1.82, 2.24) is 24.3 Å². The number of hydrogen-bond donors (Lipinski definition) is 1. The zero-order valence-electron chi connectivity index (χ0n) is 19.1. The van der Waals surface area contributed by atoms with E-state index in [4.69, 9.17) is 5.10 Å². The Hall–Kier alpha value is -4.33. The second-order valence-corrected chi connectivity index (χ2v) is 8.77. The van der Waals surface area contributed by atoms with Crippen molar-refractivity contribution in [2.45, 2.75) is 25.3 Å². The lowest BCUT2D eigenvalue weighted by molar-refractivity contribution is 0.632. The fraction of sp³-hybridized carbons (Fsp3) is 0.185. The molecular weight excluding hydrogens is 443 g/mol. The zero-order chi connectivity index (χ0) is 23.9. The summed E-state index contributed by atoms with van der Waals surface area (Å²) in [6, 6.07) is 18.2. The number of nitrogens with zero attached hydrogens (tertiary/aromatic N) is 5. The largest absolute Gasteiger partial charge is 0.357 e. The summed E-state index contributed by atoms with van der Waals surface area (Å²) in [4.78, 5) is 21.4. The lowest BCUT2D eigenvalue weighted by Gasteiger charge is -2.07. The summed E-state index contributed by atoms with van der Waals surface area (Å²) in [5, 5.41) is 8.31. The standard InChI is InChI=1S/C27H23FN6O/c1-29-27-30-13-11-20(31-27)16-33-14-12-19(15-24(33)35)25-22-3-2-4-23(28)26(22)34(32-25)21-9-7-18(8-10-21)17-5-6-17/h2-4,7-15,17H,5-6,16H2,1H3,(H,29,30,31). The first-order valence-electron chi connectivity index (χ1n) is 11.6. The second-order valence-electron chi connectivity index (χ2n) is 8.77. The monoisotopic (exact) mass is 466 g/mol. The van der Waals surface area contributed by atoms with Gasteiger partial charge in [0.15, 0.2) is 0 Å². The van der Waals surface area contributed by atoms with E-state index in [0.29, 0.717) is 46.3 Å². The number of fused-ring (bicyclic) bond motifs is 1. The number of para-hydroxylation sites is 1. The third kappa shape index (κ3) is 3.97. The van der Waals surface area contributed by atoms with E-state index < -0.39 is 0 Å². The van der Waals surface area contributed by atoms with E-state index in [9.17, 15) is 9.18 Å². The molecule has 174 valence electrons. The van der Waals surface area contributed by atoms with Crippen LogP contribution in [0.4, 0.5) is 10.3 Å². The van der Waals surface area contributed by atoms with Crippen LogP contribution in [0, 0.1) is 5.82 Å². The van der Waals surface area contributed by atoms with Gasteiger partial charge >= 0.3 is 0 Å². The van der Waals surface area contributed by atoms with Crippen LogP contribution in [-0.2, 0) is 6.54 Å². The minimum atomic E-state index is -0.357. The molecule has 35 heavy (non-hydrogen) atoms. The second kappa shape index (κ2) is 8.47. The van der Waals surface area contributed by atoms with Crippen molar-refractivity contribution < 1.29 is 4.39 Å². The van der Waals surface area contributed by atoms with E-state index >= 15 is 0 Å². The smallest absolute Gasteiger partial charge is 0.251 e. The molecule has 2 aromatic carbocycles. The number of nitrogens with one attached hydrogen (secondary N) is 1. The number of hydrogen-bond acceptors (Lipinski definition) is 5. The molecule has 3 heterocycles. The summed E-state index contributed by atoms with van der Waals surface area (Å²) < 4.78 is 18.2. The summed E-state index contributed by atoms with van der Waals surface area (Å²) in [5.74, 6) is 0.783. The fourth-order valence-corrected chi connectivity index (χ4v) is 4.39. The zero-order valence-corrected chi connectivity index (χ0v) is 19.1. The van der Waals surface area contributed by atoms with Crippen LogP contribution in [0.1, 0.15) is 30.0 Å². The molecule has 1 aliphatic carbocycles. The molecule has 1 fully saturated rings. The summed E-state index contributed by atoms with van der Waals surface area (Å²) >= 11 is 0. The first-order chi connectivity index (χ1) is 17.1. The maximum absolute atomic E-state index is 15.0. The predicted molar refractivity (Wildman–Crippen MR) is 133 cm³/mol. The molecule has 0 atom stereocenters. The van der Waals surface area contributed by atoms with Crippen LogP contribution in [0.2, 0.25) is 0 Å². The van der Waals surface area contributed by atoms with E-state index in [0.717, 1.165) is 5.69 Å². The van der Waals surface area contributed by atoms with Gasteiger partial charge in [0.1, 0.15) is 17.0 Å². The van der Waals surface area contributed by atoms with Gasteiger partial charge in [0, 0.05) is 36.5 Å². The van der Waals surface area contributed by atoms with Crippen LogP contribution in [0.5, 0.6) is 0 Å². The average Bonchev–Trinajstić information content (AvgIpc) is 3.66. The molecule has 3 aromatic heterocycles. The van der Waals surface area contributed by atoms with Crippen LogP contribution < -0.4 is 10.9 Å². The SMILES string of the molecule is CNc1nccc(Cn2ccc(-c3nn(-c4ccc(C5CC5)cc4)c4c(F)cccc34)cc2=O)n1. The quantitative estimate of drug-likeness (QED) is 0.391. The van der Waals surface area contributed by atoms with E-state index in [2.05, 4.69) is 27.4 Å². The summed E-state index contributed by atoms with van der Waals surface area (Å²) in [6.07, 6.45) is 5.82. The number of anilines is 1. The highest BCUT2D eigenvalue weighted by molar-refractivity contribution is 5.94. The van der Waals surface area contributed by atoms with Crippen LogP contribution in [0.3, 0.4) is 0 Å². The molecule has 6 rings (SSSR count). The molecule has 1 N–H and O–H groups in total. The molecular formula is C27H23FN6O. The maximum atomic E-state index is 15.0. The molecule has 0 bridgehead atoms. The number of rotatable bonds is 6. The van der Waals surface area contributed by atoms with Crippen molar-refractivity contribution >= 4 is 16.9 Å². The first kappa shape index (κ1) is 21.2. The molecule has 0 saturated heterocycles. The summed E-state index contributed by atoms with van der Waals surface area (Å²) in [5.41, 5.74) is 4.20. The Labute approximate surface area is 200 Å². The molecule has 0 spiro atoms. The molecule has 1 aliphatic rings. The van der Waals surface area contributed by atoms with Gasteiger partial charge in [-0.25, -0.2) is 19.0 Å². The Bertz CT molecular complexity index is 1600. The van der Waals surface area contributed by atoms with Gasteiger partial charge in [-0.15, -0.1) is 0 Å². The van der Waals surface area contributed by atoms with Gasteiger partial charge < -0.3 is 9.88 Å². The fourth-order valence-electron chi connectivity index (χ4n) is 4.39. The van der Waals surface area contributed by atoms with E-state index in [1.54, 1.807) is 40.8 Å². The van der Waals surface area contributed by atoms with Crippen molar-refractivity contribution in [2.75, 3.05) is 12.4 Å². The molecule has 8 heteroatoms. The molecule has 7 nitrogen and oxygen atoms in total. The number of halogens is 1. The molecule has 0 aliphatic heterocycles. The Morgan fingerprint density at radius 3 is 2.66 bits per heavy atom. The number of benzene rings is 2. The Balaban J connectivity index is 1.40. The minimum Gasteiger partial charge on any atom is -0.357 e. The molecule has 0 radical (unpaired) electrons. The Morgan fingerprint density at radius 1 is 1.09 bits per heavy atom. The van der Waals surface area contributed by atoms with Crippen LogP contribution in [-0.4, -0.2) is 31.4 Å². The summed E-state index contributed by atoms with van der Waals surface area (Å²) in [7, 11) is 1.74. The Morgan fingerprint density at radius 2 is 1.91 bits per heavy atom. The van der Waals surface area contributed by atoms with Crippen molar-refractivity contribution in [3.05, 3.63) is 100 Å². The normalized spacial score (nSPS) is 13.3. The minimum absolute atomic E-state index is 0.194. The average molecular weight is 467 g/mol.